The molecule has 1 atom stereocenters. The monoisotopic (exact) mass is 543 g/mol. The number of carbonyl (C=O) groups is 1. The molecule has 7 nitrogen and oxygen atoms in total. The van der Waals surface area contributed by atoms with Crippen molar-refractivity contribution in [2.24, 2.45) is 10.9 Å². The van der Waals surface area contributed by atoms with Crippen LogP contribution < -0.4 is 10.6 Å². The Bertz CT molecular complexity index is 709. The van der Waals surface area contributed by atoms with Gasteiger partial charge in [-0.2, -0.15) is 0 Å². The molecule has 1 aromatic rings. The first-order valence-corrected chi connectivity index (χ1v) is 11.2. The van der Waals surface area contributed by atoms with E-state index < -0.39 is 0 Å². The van der Waals surface area contributed by atoms with Crippen molar-refractivity contribution in [3.63, 3.8) is 0 Å². The summed E-state index contributed by atoms with van der Waals surface area (Å²) in [4.78, 5) is 21.2. The van der Waals surface area contributed by atoms with E-state index in [0.717, 1.165) is 58.3 Å². The van der Waals surface area contributed by atoms with Gasteiger partial charge in [-0.25, -0.2) is 0 Å². The minimum Gasteiger partial charge on any atom is -0.379 e. The van der Waals surface area contributed by atoms with E-state index in [4.69, 9.17) is 4.74 Å². The average Bonchev–Trinajstić information content (AvgIpc) is 2.77. The van der Waals surface area contributed by atoms with Crippen molar-refractivity contribution in [2.75, 3.05) is 53.0 Å². The molecule has 0 spiro atoms. The fourth-order valence-corrected chi connectivity index (χ4v) is 4.15. The topological polar surface area (TPSA) is 69.2 Å². The maximum atomic E-state index is 12.4. The third-order valence-corrected chi connectivity index (χ3v) is 5.93. The highest BCUT2D eigenvalue weighted by Gasteiger charge is 2.20. The van der Waals surface area contributed by atoms with Gasteiger partial charge in [0, 0.05) is 59.3 Å². The van der Waals surface area contributed by atoms with E-state index in [1.165, 1.54) is 17.5 Å². The van der Waals surface area contributed by atoms with Gasteiger partial charge in [0.25, 0.3) is 0 Å². The maximum Gasteiger partial charge on any atom is 0.224 e. The SMILES string of the molecule is CN=C(NCCC(=O)N1CCCC(C)C1)NCc1ccccc1CN1CCOCC1.I. The first-order valence-electron chi connectivity index (χ1n) is 11.2. The molecule has 0 bridgehead atoms. The van der Waals surface area contributed by atoms with E-state index in [1.807, 2.05) is 4.90 Å². The van der Waals surface area contributed by atoms with Gasteiger partial charge in [0.15, 0.2) is 5.96 Å². The van der Waals surface area contributed by atoms with Gasteiger partial charge in [-0.1, -0.05) is 31.2 Å². The molecule has 1 aromatic carbocycles. The van der Waals surface area contributed by atoms with Gasteiger partial charge in [-0.3, -0.25) is 14.7 Å². The lowest BCUT2D eigenvalue weighted by Crippen LogP contribution is -2.42. The number of aliphatic imine (C=N–C) groups is 1. The lowest BCUT2D eigenvalue weighted by Gasteiger charge is -2.31. The molecule has 1 unspecified atom stereocenters. The molecule has 0 saturated carbocycles. The number of likely N-dealkylation sites (tertiary alicyclic amines) is 1. The number of benzene rings is 1. The molecule has 8 heteroatoms. The van der Waals surface area contributed by atoms with E-state index in [0.29, 0.717) is 25.4 Å². The minimum absolute atomic E-state index is 0. The first-order chi connectivity index (χ1) is 14.7. The highest BCUT2D eigenvalue weighted by Crippen LogP contribution is 2.16. The van der Waals surface area contributed by atoms with Crippen molar-refractivity contribution in [1.82, 2.24) is 20.4 Å². The largest absolute Gasteiger partial charge is 0.379 e. The Morgan fingerprint density at radius 1 is 1.16 bits per heavy atom. The number of halogens is 1. The zero-order valence-corrected chi connectivity index (χ0v) is 21.3. The number of hydrogen-bond acceptors (Lipinski definition) is 4. The molecule has 2 fully saturated rings. The molecule has 2 N–H and O–H groups in total. The lowest BCUT2D eigenvalue weighted by atomic mass is 10.00. The number of ether oxygens (including phenoxy) is 1. The molecule has 2 aliphatic rings. The summed E-state index contributed by atoms with van der Waals surface area (Å²) >= 11 is 0. The average molecular weight is 543 g/mol. The highest BCUT2D eigenvalue weighted by atomic mass is 127. The molecule has 2 heterocycles. The van der Waals surface area contributed by atoms with Crippen LogP contribution in [0.15, 0.2) is 29.3 Å². The zero-order valence-electron chi connectivity index (χ0n) is 18.9. The van der Waals surface area contributed by atoms with E-state index in [2.05, 4.69) is 51.7 Å². The van der Waals surface area contributed by atoms with E-state index in [-0.39, 0.29) is 29.9 Å². The van der Waals surface area contributed by atoms with Crippen LogP contribution in [-0.2, 0) is 22.6 Å². The predicted molar refractivity (Wildman–Crippen MR) is 136 cm³/mol. The molecular weight excluding hydrogens is 505 g/mol. The summed E-state index contributed by atoms with van der Waals surface area (Å²) in [5, 5.41) is 6.68. The predicted octanol–water partition coefficient (Wildman–Crippen LogP) is 2.45. The first kappa shape index (κ1) is 25.9. The fourth-order valence-electron chi connectivity index (χ4n) is 4.15. The third-order valence-electron chi connectivity index (χ3n) is 5.93. The number of rotatable bonds is 7. The van der Waals surface area contributed by atoms with Crippen LogP contribution in [0.1, 0.15) is 37.3 Å². The Labute approximate surface area is 204 Å². The molecule has 0 aromatic heterocycles. The summed E-state index contributed by atoms with van der Waals surface area (Å²) in [6.07, 6.45) is 2.85. The molecule has 2 aliphatic heterocycles. The molecule has 1 amide bonds. The highest BCUT2D eigenvalue weighted by molar-refractivity contribution is 14.0. The van der Waals surface area contributed by atoms with Crippen LogP contribution in [0.3, 0.4) is 0 Å². The number of piperidine rings is 1. The molecule has 0 aliphatic carbocycles. The number of carbonyl (C=O) groups excluding carboxylic acids is 1. The Morgan fingerprint density at radius 2 is 1.90 bits per heavy atom. The summed E-state index contributed by atoms with van der Waals surface area (Å²) in [6, 6.07) is 8.53. The Balaban J connectivity index is 0.00000341. The standard InChI is InChI=1S/C23H37N5O2.HI/c1-19-6-5-11-28(17-19)22(29)9-10-25-23(24-2)26-16-20-7-3-4-8-21(20)18-27-12-14-30-15-13-27;/h3-4,7-8,19H,5-6,9-18H2,1-2H3,(H2,24,25,26);1H. The number of guanidine groups is 1. The second-order valence-electron chi connectivity index (χ2n) is 8.35. The van der Waals surface area contributed by atoms with Gasteiger partial charge in [0.05, 0.1) is 13.2 Å². The molecule has 3 rings (SSSR count). The summed E-state index contributed by atoms with van der Waals surface area (Å²) in [5.41, 5.74) is 2.60. The normalized spacial score (nSPS) is 20.1. The van der Waals surface area contributed by atoms with Crippen molar-refractivity contribution < 1.29 is 9.53 Å². The van der Waals surface area contributed by atoms with Gasteiger partial charge >= 0.3 is 0 Å². The number of amides is 1. The summed E-state index contributed by atoms with van der Waals surface area (Å²) in [5.74, 6) is 1.58. The maximum absolute atomic E-state index is 12.4. The quantitative estimate of drug-likeness (QED) is 0.314. The van der Waals surface area contributed by atoms with Gasteiger partial charge in [0.1, 0.15) is 0 Å². The van der Waals surface area contributed by atoms with E-state index >= 15 is 0 Å². The summed E-state index contributed by atoms with van der Waals surface area (Å²) in [6.45, 7) is 9.84. The summed E-state index contributed by atoms with van der Waals surface area (Å²) < 4.78 is 5.45. The van der Waals surface area contributed by atoms with Crippen molar-refractivity contribution >= 4 is 35.8 Å². The van der Waals surface area contributed by atoms with Crippen LogP contribution in [0.2, 0.25) is 0 Å². The van der Waals surface area contributed by atoms with E-state index in [1.54, 1.807) is 7.05 Å². The second-order valence-corrected chi connectivity index (χ2v) is 8.35. The van der Waals surface area contributed by atoms with Crippen LogP contribution in [0.5, 0.6) is 0 Å². The Kier molecular flexibility index (Phi) is 11.6. The van der Waals surface area contributed by atoms with Gasteiger partial charge in [0.2, 0.25) is 5.91 Å². The van der Waals surface area contributed by atoms with Crippen LogP contribution in [0.4, 0.5) is 0 Å². The second kappa shape index (κ2) is 13.9. The zero-order chi connectivity index (χ0) is 21.2. The van der Waals surface area contributed by atoms with Crippen molar-refractivity contribution in [1.29, 1.82) is 0 Å². The van der Waals surface area contributed by atoms with Crippen molar-refractivity contribution in [3.05, 3.63) is 35.4 Å². The van der Waals surface area contributed by atoms with Gasteiger partial charge in [-0.05, 0) is 29.9 Å². The fraction of sp³-hybridized carbons (Fsp3) is 0.652. The molecule has 31 heavy (non-hydrogen) atoms. The lowest BCUT2D eigenvalue weighted by molar-refractivity contribution is -0.132. The third kappa shape index (κ3) is 8.57. The van der Waals surface area contributed by atoms with Crippen molar-refractivity contribution in [2.45, 2.75) is 39.3 Å². The van der Waals surface area contributed by atoms with Crippen molar-refractivity contribution in [3.8, 4) is 0 Å². The number of nitrogens with zero attached hydrogens (tertiary/aromatic N) is 3. The Hall–Kier alpha value is -1.39. The van der Waals surface area contributed by atoms with Gasteiger partial charge < -0.3 is 20.3 Å². The molecule has 0 radical (unpaired) electrons. The van der Waals surface area contributed by atoms with Crippen LogP contribution in [0, 0.1) is 5.92 Å². The van der Waals surface area contributed by atoms with Gasteiger partial charge in [-0.15, -0.1) is 24.0 Å². The number of hydrogen-bond donors (Lipinski definition) is 2. The molecule has 2 saturated heterocycles. The minimum atomic E-state index is 0. The smallest absolute Gasteiger partial charge is 0.224 e. The molecule has 174 valence electrons. The van der Waals surface area contributed by atoms with E-state index in [9.17, 15) is 4.79 Å². The van der Waals surface area contributed by atoms with Crippen LogP contribution in [-0.4, -0.2) is 74.7 Å². The Morgan fingerprint density at radius 3 is 2.61 bits per heavy atom. The number of nitrogens with one attached hydrogen (secondary N) is 2. The van der Waals surface area contributed by atoms with Crippen LogP contribution in [0.25, 0.3) is 0 Å². The summed E-state index contributed by atoms with van der Waals surface area (Å²) in [7, 11) is 1.77. The molecular formula is C23H38IN5O2. The van der Waals surface area contributed by atoms with Crippen LogP contribution >= 0.6 is 24.0 Å². The number of morpholine rings is 1.